The summed E-state index contributed by atoms with van der Waals surface area (Å²) >= 11 is 0. The van der Waals surface area contributed by atoms with Gasteiger partial charge in [-0.3, -0.25) is 9.69 Å². The molecule has 176 valence electrons. The molecule has 0 aliphatic carbocycles. The average Bonchev–Trinajstić information content (AvgIpc) is 3.15. The third-order valence-electron chi connectivity index (χ3n) is 4.58. The molecule has 2 aromatic rings. The molecule has 0 radical (unpaired) electrons. The van der Waals surface area contributed by atoms with Gasteiger partial charge in [-0.05, 0) is 40.2 Å². The van der Waals surface area contributed by atoms with Crippen LogP contribution in [0.2, 0.25) is 0 Å². The monoisotopic (exact) mass is 446 g/mol. The van der Waals surface area contributed by atoms with Crippen molar-refractivity contribution in [2.24, 2.45) is 5.92 Å². The minimum absolute atomic E-state index is 0.281. The van der Waals surface area contributed by atoms with Crippen molar-refractivity contribution < 1.29 is 23.6 Å². The Balaban J connectivity index is 2.12. The first-order chi connectivity index (χ1) is 14.9. The lowest BCUT2D eigenvalue weighted by molar-refractivity contribution is -0.145. The van der Waals surface area contributed by atoms with Gasteiger partial charge in [-0.2, -0.15) is 4.98 Å². The summed E-state index contributed by atoms with van der Waals surface area (Å²) in [7, 11) is 1.38. The maximum Gasteiger partial charge on any atom is 0.408 e. The Morgan fingerprint density at radius 2 is 1.78 bits per heavy atom. The third kappa shape index (κ3) is 7.96. The standard InChI is InChI=1S/C23H34N4O5/c1-16(19(28)30-7)13-27(14-17-11-9-8-10-12-17)15-18-24-20(26-32-18)23(5,6)25-21(29)31-22(2,3)4/h8-12,16H,13-15H2,1-7H3,(H,25,29)/t16-/m1/s1. The molecule has 1 aromatic carbocycles. The first kappa shape index (κ1) is 25.3. The average molecular weight is 447 g/mol. The number of ether oxygens (including phenoxy) is 2. The molecule has 1 N–H and O–H groups in total. The van der Waals surface area contributed by atoms with Crippen molar-refractivity contribution in [1.82, 2.24) is 20.4 Å². The van der Waals surface area contributed by atoms with Gasteiger partial charge in [0.1, 0.15) is 11.1 Å². The number of hydrogen-bond acceptors (Lipinski definition) is 8. The number of methoxy groups -OCH3 is 1. The van der Waals surface area contributed by atoms with Gasteiger partial charge >= 0.3 is 12.1 Å². The van der Waals surface area contributed by atoms with Crippen LogP contribution >= 0.6 is 0 Å². The second kappa shape index (κ2) is 10.6. The molecule has 0 unspecified atom stereocenters. The number of esters is 1. The van der Waals surface area contributed by atoms with E-state index in [1.165, 1.54) is 7.11 Å². The van der Waals surface area contributed by atoms with E-state index in [4.69, 9.17) is 14.0 Å². The predicted molar refractivity (Wildman–Crippen MR) is 118 cm³/mol. The molecule has 9 nitrogen and oxygen atoms in total. The zero-order chi connectivity index (χ0) is 23.9. The topological polar surface area (TPSA) is 107 Å². The Kier molecular flexibility index (Phi) is 8.38. The quantitative estimate of drug-likeness (QED) is 0.582. The molecule has 1 amide bonds. The van der Waals surface area contributed by atoms with Crippen molar-refractivity contribution in [3.05, 3.63) is 47.6 Å². The molecule has 2 rings (SSSR count). The number of benzene rings is 1. The van der Waals surface area contributed by atoms with Crippen molar-refractivity contribution in [3.63, 3.8) is 0 Å². The normalized spacial score (nSPS) is 13.0. The SMILES string of the molecule is COC(=O)[C@H](C)CN(Cc1ccccc1)Cc1nc(C(C)(C)NC(=O)OC(C)(C)C)no1. The van der Waals surface area contributed by atoms with Crippen molar-refractivity contribution in [3.8, 4) is 0 Å². The highest BCUT2D eigenvalue weighted by Gasteiger charge is 2.31. The molecule has 0 aliphatic rings. The fourth-order valence-corrected chi connectivity index (χ4v) is 3.07. The van der Waals surface area contributed by atoms with Gasteiger partial charge in [0.2, 0.25) is 5.89 Å². The van der Waals surface area contributed by atoms with Crippen molar-refractivity contribution >= 4 is 12.1 Å². The van der Waals surface area contributed by atoms with Crippen LogP contribution in [0.4, 0.5) is 4.79 Å². The van der Waals surface area contributed by atoms with E-state index in [9.17, 15) is 9.59 Å². The van der Waals surface area contributed by atoms with E-state index < -0.39 is 17.2 Å². The number of nitrogens with zero attached hydrogens (tertiary/aromatic N) is 3. The second-order valence-electron chi connectivity index (χ2n) is 9.34. The fourth-order valence-electron chi connectivity index (χ4n) is 3.07. The first-order valence-electron chi connectivity index (χ1n) is 10.6. The van der Waals surface area contributed by atoms with Gasteiger partial charge in [-0.25, -0.2) is 4.79 Å². The van der Waals surface area contributed by atoms with Gasteiger partial charge < -0.3 is 19.3 Å². The minimum atomic E-state index is -0.895. The van der Waals surface area contributed by atoms with E-state index in [0.29, 0.717) is 31.3 Å². The molecule has 0 saturated heterocycles. The van der Waals surface area contributed by atoms with Gasteiger partial charge in [-0.1, -0.05) is 42.4 Å². The fraction of sp³-hybridized carbons (Fsp3) is 0.565. The number of nitrogens with one attached hydrogen (secondary N) is 1. The number of carbonyl (C=O) groups is 2. The number of hydrogen-bond donors (Lipinski definition) is 1. The van der Waals surface area contributed by atoms with Gasteiger partial charge in [0.25, 0.3) is 0 Å². The number of aromatic nitrogens is 2. The molecule has 0 bridgehead atoms. The summed E-state index contributed by atoms with van der Waals surface area (Å²) in [5.74, 6) is 0.111. The predicted octanol–water partition coefficient (Wildman–Crippen LogP) is 3.64. The maximum atomic E-state index is 12.2. The molecule has 0 saturated carbocycles. The summed E-state index contributed by atoms with van der Waals surface area (Å²) in [4.78, 5) is 30.6. The van der Waals surface area contributed by atoms with Crippen LogP contribution in [-0.4, -0.2) is 46.4 Å². The second-order valence-corrected chi connectivity index (χ2v) is 9.34. The lowest BCUT2D eigenvalue weighted by atomic mass is 10.1. The summed E-state index contributed by atoms with van der Waals surface area (Å²) in [6, 6.07) is 9.92. The van der Waals surface area contributed by atoms with E-state index in [2.05, 4.69) is 15.5 Å². The summed E-state index contributed by atoms with van der Waals surface area (Å²) < 4.78 is 15.6. The summed E-state index contributed by atoms with van der Waals surface area (Å²) in [5, 5.41) is 6.82. The minimum Gasteiger partial charge on any atom is -0.469 e. The zero-order valence-electron chi connectivity index (χ0n) is 20.0. The Morgan fingerprint density at radius 1 is 1.12 bits per heavy atom. The van der Waals surface area contributed by atoms with E-state index in [1.807, 2.05) is 42.2 Å². The van der Waals surface area contributed by atoms with Crippen LogP contribution in [0.5, 0.6) is 0 Å². The highest BCUT2D eigenvalue weighted by molar-refractivity contribution is 5.72. The Hall–Kier alpha value is -2.94. The van der Waals surface area contributed by atoms with Gasteiger partial charge in [-0.15, -0.1) is 0 Å². The zero-order valence-corrected chi connectivity index (χ0v) is 20.0. The Morgan fingerprint density at radius 3 is 2.38 bits per heavy atom. The largest absolute Gasteiger partial charge is 0.469 e. The smallest absolute Gasteiger partial charge is 0.408 e. The number of amides is 1. The van der Waals surface area contributed by atoms with Crippen molar-refractivity contribution in [2.45, 2.75) is 65.8 Å². The van der Waals surface area contributed by atoms with Crippen LogP contribution in [-0.2, 0) is 32.9 Å². The number of carbonyl (C=O) groups excluding carboxylic acids is 2. The molecule has 0 fully saturated rings. The van der Waals surface area contributed by atoms with Gasteiger partial charge in [0, 0.05) is 13.1 Å². The number of alkyl carbamates (subject to hydrolysis) is 1. The molecule has 1 aromatic heterocycles. The molecule has 32 heavy (non-hydrogen) atoms. The molecule has 1 atom stereocenters. The Labute approximate surface area is 189 Å². The third-order valence-corrected chi connectivity index (χ3v) is 4.58. The molecular formula is C23H34N4O5. The summed E-state index contributed by atoms with van der Waals surface area (Å²) in [6.45, 7) is 12.1. The molecule has 0 spiro atoms. The van der Waals surface area contributed by atoms with Crippen LogP contribution in [0.3, 0.4) is 0 Å². The summed E-state index contributed by atoms with van der Waals surface area (Å²) in [6.07, 6.45) is -0.563. The van der Waals surface area contributed by atoms with E-state index in [0.717, 1.165) is 5.56 Å². The lowest BCUT2D eigenvalue weighted by Gasteiger charge is -2.26. The molecular weight excluding hydrogens is 412 g/mol. The van der Waals surface area contributed by atoms with Crippen LogP contribution in [0.15, 0.2) is 34.9 Å². The van der Waals surface area contributed by atoms with E-state index in [1.54, 1.807) is 34.6 Å². The maximum absolute atomic E-state index is 12.2. The van der Waals surface area contributed by atoms with Crippen molar-refractivity contribution in [2.75, 3.05) is 13.7 Å². The van der Waals surface area contributed by atoms with Crippen LogP contribution in [0.1, 0.15) is 58.8 Å². The van der Waals surface area contributed by atoms with Gasteiger partial charge in [0.05, 0.1) is 19.6 Å². The van der Waals surface area contributed by atoms with Gasteiger partial charge in [0.15, 0.2) is 5.82 Å². The highest BCUT2D eigenvalue weighted by Crippen LogP contribution is 2.20. The molecule has 0 aliphatic heterocycles. The van der Waals surface area contributed by atoms with Crippen molar-refractivity contribution in [1.29, 1.82) is 0 Å². The highest BCUT2D eigenvalue weighted by atomic mass is 16.6. The summed E-state index contributed by atoms with van der Waals surface area (Å²) in [5.41, 5.74) is -0.416. The van der Waals surface area contributed by atoms with Crippen LogP contribution in [0.25, 0.3) is 0 Å². The Bertz CT molecular complexity index is 889. The van der Waals surface area contributed by atoms with E-state index in [-0.39, 0.29) is 11.9 Å². The number of rotatable bonds is 9. The molecule has 1 heterocycles. The molecule has 9 heteroatoms. The lowest BCUT2D eigenvalue weighted by Crippen LogP contribution is -2.44. The van der Waals surface area contributed by atoms with Crippen LogP contribution < -0.4 is 5.32 Å². The first-order valence-corrected chi connectivity index (χ1v) is 10.6. The van der Waals surface area contributed by atoms with E-state index >= 15 is 0 Å². The van der Waals surface area contributed by atoms with Crippen LogP contribution in [0, 0.1) is 5.92 Å².